The predicted octanol–water partition coefficient (Wildman–Crippen LogP) is 1.53. The number of carbonyl (C=O) groups is 1. The van der Waals surface area contributed by atoms with Gasteiger partial charge in [0.25, 0.3) is 5.91 Å². The molecule has 0 spiro atoms. The first-order valence-electron chi connectivity index (χ1n) is 6.26. The molecule has 106 valence electrons. The first-order chi connectivity index (χ1) is 8.69. The smallest absolute Gasteiger partial charge is 0.253 e. The number of hydrogen-bond donors (Lipinski definition) is 1. The van der Waals surface area contributed by atoms with Gasteiger partial charge in [-0.3, -0.25) is 4.79 Å². The van der Waals surface area contributed by atoms with E-state index in [2.05, 4.69) is 12.1 Å². The van der Waals surface area contributed by atoms with Crippen LogP contribution >= 0.6 is 12.4 Å². The van der Waals surface area contributed by atoms with Gasteiger partial charge < -0.3 is 15.4 Å². The van der Waals surface area contributed by atoms with Crippen molar-refractivity contribution in [1.82, 2.24) is 4.90 Å². The molecule has 0 saturated carbocycles. The lowest BCUT2D eigenvalue weighted by molar-refractivity contribution is -0.142. The van der Waals surface area contributed by atoms with E-state index < -0.39 is 6.10 Å². The molecule has 5 heteroatoms. The Kier molecular flexibility index (Phi) is 5.79. The first kappa shape index (κ1) is 16.0. The number of fused-ring (bicyclic) bond motifs is 1. The Morgan fingerprint density at radius 2 is 2.21 bits per heavy atom. The van der Waals surface area contributed by atoms with E-state index >= 15 is 0 Å². The summed E-state index contributed by atoms with van der Waals surface area (Å²) < 4.78 is 5.11. The molecule has 2 rings (SSSR count). The van der Waals surface area contributed by atoms with Crippen molar-refractivity contribution in [2.75, 3.05) is 20.7 Å². The zero-order valence-corrected chi connectivity index (χ0v) is 12.2. The molecule has 0 bridgehead atoms. The highest BCUT2D eigenvalue weighted by molar-refractivity contribution is 5.85. The molecule has 1 amide bonds. The van der Waals surface area contributed by atoms with Gasteiger partial charge in [-0.1, -0.05) is 24.3 Å². The lowest BCUT2D eigenvalue weighted by Crippen LogP contribution is -2.42. The number of ether oxygens (including phenoxy) is 1. The maximum absolute atomic E-state index is 12.2. The van der Waals surface area contributed by atoms with E-state index in [0.29, 0.717) is 0 Å². The molecule has 0 saturated heterocycles. The van der Waals surface area contributed by atoms with Gasteiger partial charge in [-0.2, -0.15) is 0 Å². The molecule has 1 aliphatic carbocycles. The number of carbonyl (C=O) groups excluding carboxylic acids is 1. The summed E-state index contributed by atoms with van der Waals surface area (Å²) in [6, 6.07) is 8.44. The molecule has 0 radical (unpaired) electrons. The van der Waals surface area contributed by atoms with E-state index in [1.807, 2.05) is 19.2 Å². The van der Waals surface area contributed by atoms with Crippen molar-refractivity contribution in [2.24, 2.45) is 5.73 Å². The molecule has 1 aliphatic rings. The van der Waals surface area contributed by atoms with Gasteiger partial charge in [-0.05, 0) is 24.0 Å². The number of rotatable bonds is 4. The number of benzene rings is 1. The van der Waals surface area contributed by atoms with Crippen molar-refractivity contribution in [3.05, 3.63) is 35.4 Å². The van der Waals surface area contributed by atoms with Crippen LogP contribution in [0.15, 0.2) is 24.3 Å². The minimum Gasteiger partial charge on any atom is -0.370 e. The van der Waals surface area contributed by atoms with Crippen LogP contribution in [0.1, 0.15) is 23.6 Å². The minimum absolute atomic E-state index is 0. The normalized spacial score (nSPS) is 18.4. The molecular formula is C14H21ClN2O2. The van der Waals surface area contributed by atoms with Gasteiger partial charge in [0.15, 0.2) is 0 Å². The number of nitrogens with two attached hydrogens (primary N) is 1. The zero-order chi connectivity index (χ0) is 13.1. The Hall–Kier alpha value is -1.10. The SMILES string of the molecule is COC(CN)C(=O)N(C)C1CCc2ccccc21.Cl. The highest BCUT2D eigenvalue weighted by Crippen LogP contribution is 2.35. The van der Waals surface area contributed by atoms with E-state index in [0.717, 1.165) is 12.8 Å². The Morgan fingerprint density at radius 3 is 2.84 bits per heavy atom. The molecule has 0 aromatic heterocycles. The molecule has 4 nitrogen and oxygen atoms in total. The highest BCUT2D eigenvalue weighted by atomic mass is 35.5. The Labute approximate surface area is 120 Å². The third-order valence-electron chi connectivity index (χ3n) is 3.69. The number of nitrogens with zero attached hydrogens (tertiary/aromatic N) is 1. The molecule has 1 aromatic rings. The second kappa shape index (κ2) is 6.89. The second-order valence-electron chi connectivity index (χ2n) is 4.66. The van der Waals surface area contributed by atoms with Crippen LogP contribution in [-0.2, 0) is 16.0 Å². The largest absolute Gasteiger partial charge is 0.370 e. The Morgan fingerprint density at radius 1 is 1.53 bits per heavy atom. The van der Waals surface area contributed by atoms with E-state index in [1.165, 1.54) is 18.2 Å². The summed E-state index contributed by atoms with van der Waals surface area (Å²) in [6.07, 6.45) is 1.46. The topological polar surface area (TPSA) is 55.6 Å². The molecule has 2 atom stereocenters. The maximum Gasteiger partial charge on any atom is 0.253 e. The van der Waals surface area contributed by atoms with Gasteiger partial charge in [0.2, 0.25) is 0 Å². The predicted molar refractivity (Wildman–Crippen MR) is 77.4 cm³/mol. The van der Waals surface area contributed by atoms with E-state index in [1.54, 1.807) is 4.90 Å². The van der Waals surface area contributed by atoms with E-state index in [9.17, 15) is 4.79 Å². The van der Waals surface area contributed by atoms with Crippen molar-refractivity contribution in [1.29, 1.82) is 0 Å². The van der Waals surface area contributed by atoms with Crippen molar-refractivity contribution in [2.45, 2.75) is 25.0 Å². The summed E-state index contributed by atoms with van der Waals surface area (Å²) in [5, 5.41) is 0. The number of methoxy groups -OCH3 is 1. The van der Waals surface area contributed by atoms with Crippen LogP contribution in [0.25, 0.3) is 0 Å². The summed E-state index contributed by atoms with van der Waals surface area (Å²) in [7, 11) is 3.35. The highest BCUT2D eigenvalue weighted by Gasteiger charge is 2.31. The summed E-state index contributed by atoms with van der Waals surface area (Å²) >= 11 is 0. The molecule has 1 aromatic carbocycles. The summed E-state index contributed by atoms with van der Waals surface area (Å²) in [4.78, 5) is 14.0. The molecule has 0 fully saturated rings. The maximum atomic E-state index is 12.2. The van der Waals surface area contributed by atoms with Gasteiger partial charge in [0.1, 0.15) is 6.10 Å². The fraction of sp³-hybridized carbons (Fsp3) is 0.500. The standard InChI is InChI=1S/C14H20N2O2.ClH/c1-16(14(17)13(9-15)18-2)12-8-7-10-5-3-4-6-11(10)12;/h3-6,12-13H,7-9,15H2,1-2H3;1H. The second-order valence-corrected chi connectivity index (χ2v) is 4.66. The van der Waals surface area contributed by atoms with Gasteiger partial charge in [0, 0.05) is 20.7 Å². The van der Waals surface area contributed by atoms with Gasteiger partial charge in [-0.15, -0.1) is 12.4 Å². The average molecular weight is 285 g/mol. The minimum atomic E-state index is -0.539. The van der Waals surface area contributed by atoms with Gasteiger partial charge in [0.05, 0.1) is 6.04 Å². The molecule has 2 N–H and O–H groups in total. The van der Waals surface area contributed by atoms with Crippen LogP contribution in [0.5, 0.6) is 0 Å². The monoisotopic (exact) mass is 284 g/mol. The van der Waals surface area contributed by atoms with Gasteiger partial charge >= 0.3 is 0 Å². The van der Waals surface area contributed by atoms with Crippen LogP contribution in [0.2, 0.25) is 0 Å². The fourth-order valence-corrected chi connectivity index (χ4v) is 2.62. The summed E-state index contributed by atoms with van der Waals surface area (Å²) in [6.45, 7) is 0.216. The van der Waals surface area contributed by atoms with Crippen LogP contribution < -0.4 is 5.73 Å². The van der Waals surface area contributed by atoms with Crippen LogP contribution in [0, 0.1) is 0 Å². The number of hydrogen-bond acceptors (Lipinski definition) is 3. The third-order valence-corrected chi connectivity index (χ3v) is 3.69. The van der Waals surface area contributed by atoms with Crippen molar-refractivity contribution in [3.8, 4) is 0 Å². The van der Waals surface area contributed by atoms with E-state index in [-0.39, 0.29) is 30.9 Å². The Bertz CT molecular complexity index is 435. The summed E-state index contributed by atoms with van der Waals surface area (Å²) in [5.41, 5.74) is 8.13. The lowest BCUT2D eigenvalue weighted by Gasteiger charge is -2.28. The number of likely N-dealkylation sites (N-methyl/N-ethyl adjacent to an activating group) is 1. The molecule has 2 unspecified atom stereocenters. The summed E-state index contributed by atoms with van der Waals surface area (Å²) in [5.74, 6) is -0.0401. The molecule has 0 heterocycles. The third kappa shape index (κ3) is 3.08. The van der Waals surface area contributed by atoms with E-state index in [4.69, 9.17) is 10.5 Å². The van der Waals surface area contributed by atoms with Crippen molar-refractivity contribution >= 4 is 18.3 Å². The Balaban J connectivity index is 0.00000180. The van der Waals surface area contributed by atoms with Crippen LogP contribution in [-0.4, -0.2) is 37.6 Å². The van der Waals surface area contributed by atoms with Crippen LogP contribution in [0.3, 0.4) is 0 Å². The average Bonchev–Trinajstić information content (AvgIpc) is 2.83. The van der Waals surface area contributed by atoms with Crippen LogP contribution in [0.4, 0.5) is 0 Å². The number of amides is 1. The number of aryl methyl sites for hydroxylation is 1. The lowest BCUT2D eigenvalue weighted by atomic mass is 10.1. The number of halogens is 1. The zero-order valence-electron chi connectivity index (χ0n) is 11.3. The van der Waals surface area contributed by atoms with Crippen molar-refractivity contribution < 1.29 is 9.53 Å². The van der Waals surface area contributed by atoms with Crippen molar-refractivity contribution in [3.63, 3.8) is 0 Å². The molecular weight excluding hydrogens is 264 g/mol. The fourth-order valence-electron chi connectivity index (χ4n) is 2.62. The first-order valence-corrected chi connectivity index (χ1v) is 6.26. The molecule has 0 aliphatic heterocycles. The molecule has 19 heavy (non-hydrogen) atoms. The quantitative estimate of drug-likeness (QED) is 0.912. The van der Waals surface area contributed by atoms with Gasteiger partial charge in [-0.25, -0.2) is 0 Å².